The number of imidazole rings is 1. The molecule has 2 aromatic heterocycles. The normalized spacial score (nSPS) is 11.0. The molecular weight excluding hydrogens is 374 g/mol. The molecule has 1 aromatic carbocycles. The molecule has 7 heteroatoms. The highest BCUT2D eigenvalue weighted by atomic mass is 79.9. The summed E-state index contributed by atoms with van der Waals surface area (Å²) in [7, 11) is 1.62. The van der Waals surface area contributed by atoms with Gasteiger partial charge >= 0.3 is 0 Å². The molecule has 108 valence electrons. The molecule has 3 rings (SSSR count). The van der Waals surface area contributed by atoms with E-state index >= 15 is 0 Å². The number of aromatic nitrogens is 3. The van der Waals surface area contributed by atoms with Crippen LogP contribution in [0.3, 0.4) is 0 Å². The Morgan fingerprint density at radius 2 is 2.29 bits per heavy atom. The van der Waals surface area contributed by atoms with Crippen molar-refractivity contribution in [3.8, 4) is 5.75 Å². The number of hydrogen-bond acceptors (Lipinski definition) is 3. The Kier molecular flexibility index (Phi) is 4.01. The maximum Gasteiger partial charge on any atom is 0.179 e. The highest BCUT2D eigenvalue weighted by Gasteiger charge is 2.12. The monoisotopic (exact) mass is 383 g/mol. The largest absolute Gasteiger partial charge is 0.496 e. The first-order valence-electron chi connectivity index (χ1n) is 6.15. The van der Waals surface area contributed by atoms with Crippen LogP contribution in [0.1, 0.15) is 5.56 Å². The Morgan fingerprint density at radius 1 is 1.48 bits per heavy atom. The van der Waals surface area contributed by atoms with Crippen molar-refractivity contribution in [3.63, 3.8) is 0 Å². The van der Waals surface area contributed by atoms with Crippen molar-refractivity contribution in [2.24, 2.45) is 0 Å². The number of nitrogens with zero attached hydrogens (tertiary/aromatic N) is 2. The fourth-order valence-corrected chi connectivity index (χ4v) is 3.02. The molecule has 0 atom stereocenters. The Balaban J connectivity index is 2.15. The molecule has 0 unspecified atom stereocenters. The highest BCUT2D eigenvalue weighted by Crippen LogP contribution is 2.28. The summed E-state index contributed by atoms with van der Waals surface area (Å²) in [5.74, 6) is 0.732. The summed E-state index contributed by atoms with van der Waals surface area (Å²) in [5.41, 5.74) is 2.54. The van der Waals surface area contributed by atoms with Crippen molar-refractivity contribution in [2.45, 2.75) is 6.54 Å². The summed E-state index contributed by atoms with van der Waals surface area (Å²) >= 11 is 15.1. The van der Waals surface area contributed by atoms with Gasteiger partial charge in [-0.1, -0.05) is 17.7 Å². The minimum Gasteiger partial charge on any atom is -0.496 e. The van der Waals surface area contributed by atoms with Gasteiger partial charge in [0.05, 0.1) is 19.2 Å². The fourth-order valence-electron chi connectivity index (χ4n) is 2.21. The van der Waals surface area contributed by atoms with Crippen LogP contribution in [0.2, 0.25) is 5.02 Å². The second kappa shape index (κ2) is 5.79. The van der Waals surface area contributed by atoms with E-state index in [-0.39, 0.29) is 0 Å². The Labute approximate surface area is 139 Å². The van der Waals surface area contributed by atoms with Crippen LogP contribution in [0.5, 0.6) is 5.75 Å². The SMILES string of the molecule is COc1cccc(Cl)c1Cn1c(=S)[nH]c2cc(Br)cnc21. The summed E-state index contributed by atoms with van der Waals surface area (Å²) in [6, 6.07) is 7.51. The zero-order valence-corrected chi connectivity index (χ0v) is 14.2. The zero-order chi connectivity index (χ0) is 15.0. The van der Waals surface area contributed by atoms with Crippen molar-refractivity contribution in [3.05, 3.63) is 50.3 Å². The maximum absolute atomic E-state index is 6.29. The molecule has 0 bridgehead atoms. The minimum absolute atomic E-state index is 0.496. The first-order valence-corrected chi connectivity index (χ1v) is 7.73. The molecule has 4 nitrogen and oxygen atoms in total. The zero-order valence-electron chi connectivity index (χ0n) is 11.1. The van der Waals surface area contributed by atoms with E-state index in [9.17, 15) is 0 Å². The van der Waals surface area contributed by atoms with Gasteiger partial charge in [-0.05, 0) is 46.3 Å². The number of methoxy groups -OCH3 is 1. The van der Waals surface area contributed by atoms with Gasteiger partial charge in [0.15, 0.2) is 10.4 Å². The van der Waals surface area contributed by atoms with Gasteiger partial charge in [0.1, 0.15) is 5.75 Å². The lowest BCUT2D eigenvalue weighted by Gasteiger charge is -2.11. The highest BCUT2D eigenvalue weighted by molar-refractivity contribution is 9.10. The van der Waals surface area contributed by atoms with Gasteiger partial charge < -0.3 is 9.72 Å². The molecule has 0 radical (unpaired) electrons. The van der Waals surface area contributed by atoms with E-state index in [1.54, 1.807) is 13.3 Å². The first-order chi connectivity index (χ1) is 10.1. The van der Waals surface area contributed by atoms with Gasteiger partial charge in [-0.15, -0.1) is 0 Å². The first kappa shape index (κ1) is 14.6. The lowest BCUT2D eigenvalue weighted by atomic mass is 10.2. The van der Waals surface area contributed by atoms with Crippen LogP contribution in [0, 0.1) is 4.77 Å². The van der Waals surface area contributed by atoms with E-state index in [1.165, 1.54) is 0 Å². The number of pyridine rings is 1. The topological polar surface area (TPSA) is 42.8 Å². The van der Waals surface area contributed by atoms with Crippen LogP contribution in [-0.2, 0) is 6.54 Å². The summed E-state index contributed by atoms with van der Waals surface area (Å²) < 4.78 is 8.77. The smallest absolute Gasteiger partial charge is 0.179 e. The average molecular weight is 385 g/mol. The molecule has 1 N–H and O–H groups in total. The Bertz CT molecular complexity index is 874. The summed E-state index contributed by atoms with van der Waals surface area (Å²) in [6.45, 7) is 0.496. The van der Waals surface area contributed by atoms with Gasteiger partial charge in [0.25, 0.3) is 0 Å². The number of nitrogens with one attached hydrogen (secondary N) is 1. The minimum atomic E-state index is 0.496. The molecule has 0 spiro atoms. The molecule has 0 aliphatic carbocycles. The van der Waals surface area contributed by atoms with Gasteiger partial charge in [-0.2, -0.15) is 0 Å². The molecule has 3 aromatic rings. The van der Waals surface area contributed by atoms with Crippen LogP contribution in [-0.4, -0.2) is 21.6 Å². The molecule has 0 saturated heterocycles. The molecule has 0 fully saturated rings. The number of aromatic amines is 1. The standard InChI is InChI=1S/C14H11BrClN3OS/c1-20-12-4-2-3-10(16)9(12)7-19-13-11(18-14(19)21)5-8(15)6-17-13/h2-6H,7H2,1H3,(H,18,21). The van der Waals surface area contributed by atoms with Crippen LogP contribution < -0.4 is 4.74 Å². The number of benzene rings is 1. The number of H-pyrrole nitrogens is 1. The van der Waals surface area contributed by atoms with E-state index in [1.807, 2.05) is 28.8 Å². The molecule has 0 saturated carbocycles. The Morgan fingerprint density at radius 3 is 3.05 bits per heavy atom. The third-order valence-corrected chi connectivity index (χ3v) is 4.30. The summed E-state index contributed by atoms with van der Waals surface area (Å²) in [5, 5.41) is 0.641. The van der Waals surface area contributed by atoms with E-state index in [0.29, 0.717) is 16.3 Å². The van der Waals surface area contributed by atoms with Gasteiger partial charge in [0.2, 0.25) is 0 Å². The van der Waals surface area contributed by atoms with E-state index in [0.717, 1.165) is 26.9 Å². The predicted octanol–water partition coefficient (Wildman–Crippen LogP) is 4.57. The van der Waals surface area contributed by atoms with Crippen molar-refractivity contribution in [1.29, 1.82) is 0 Å². The molecule has 0 amide bonds. The second-order valence-electron chi connectivity index (χ2n) is 4.46. The third-order valence-electron chi connectivity index (χ3n) is 3.19. The summed E-state index contributed by atoms with van der Waals surface area (Å²) in [6.07, 6.45) is 1.74. The van der Waals surface area contributed by atoms with Crippen molar-refractivity contribution in [1.82, 2.24) is 14.5 Å². The van der Waals surface area contributed by atoms with E-state index < -0.39 is 0 Å². The number of ether oxygens (including phenoxy) is 1. The van der Waals surface area contributed by atoms with Gasteiger partial charge in [-0.25, -0.2) is 4.98 Å². The van der Waals surface area contributed by atoms with Crippen molar-refractivity contribution >= 4 is 50.9 Å². The van der Waals surface area contributed by atoms with E-state index in [4.69, 9.17) is 28.6 Å². The van der Waals surface area contributed by atoms with Crippen molar-refractivity contribution < 1.29 is 4.74 Å². The molecule has 2 heterocycles. The van der Waals surface area contributed by atoms with Gasteiger partial charge in [0, 0.05) is 21.3 Å². The van der Waals surface area contributed by atoms with Crippen LogP contribution in [0.25, 0.3) is 11.2 Å². The van der Waals surface area contributed by atoms with Gasteiger partial charge in [-0.3, -0.25) is 4.57 Å². The van der Waals surface area contributed by atoms with Crippen LogP contribution in [0.4, 0.5) is 0 Å². The van der Waals surface area contributed by atoms with Crippen LogP contribution in [0.15, 0.2) is 34.9 Å². The average Bonchev–Trinajstić information content (AvgIpc) is 2.76. The molecule has 21 heavy (non-hydrogen) atoms. The molecular formula is C14H11BrClN3OS. The Hall–Kier alpha value is -1.37. The fraction of sp³-hybridized carbons (Fsp3) is 0.143. The van der Waals surface area contributed by atoms with Crippen LogP contribution >= 0.6 is 39.7 Å². The number of halogens is 2. The second-order valence-corrected chi connectivity index (χ2v) is 6.17. The van der Waals surface area contributed by atoms with Crippen molar-refractivity contribution in [2.75, 3.05) is 7.11 Å². The third kappa shape index (κ3) is 2.71. The number of rotatable bonds is 3. The summed E-state index contributed by atoms with van der Waals surface area (Å²) in [4.78, 5) is 7.56. The van der Waals surface area contributed by atoms with E-state index in [2.05, 4.69) is 25.9 Å². The number of hydrogen-bond donors (Lipinski definition) is 1. The molecule has 0 aliphatic heterocycles. The molecule has 0 aliphatic rings. The number of fused-ring (bicyclic) bond motifs is 1. The lowest BCUT2D eigenvalue weighted by Crippen LogP contribution is -2.03. The quantitative estimate of drug-likeness (QED) is 0.673. The lowest BCUT2D eigenvalue weighted by molar-refractivity contribution is 0.408. The maximum atomic E-state index is 6.29. The predicted molar refractivity (Wildman–Crippen MR) is 89.7 cm³/mol.